The molecule has 1 atom stereocenters. The van der Waals surface area contributed by atoms with E-state index in [2.05, 4.69) is 17.1 Å². The van der Waals surface area contributed by atoms with E-state index in [0.717, 1.165) is 25.9 Å². The third kappa shape index (κ3) is 4.47. The van der Waals surface area contributed by atoms with Gasteiger partial charge in [0.1, 0.15) is 0 Å². The summed E-state index contributed by atoms with van der Waals surface area (Å²) < 4.78 is 0. The minimum Gasteiger partial charge on any atom is -0.481 e. The van der Waals surface area contributed by atoms with Gasteiger partial charge in [0, 0.05) is 19.0 Å². The summed E-state index contributed by atoms with van der Waals surface area (Å²) >= 11 is 0. The molecule has 0 radical (unpaired) electrons. The summed E-state index contributed by atoms with van der Waals surface area (Å²) in [6, 6.07) is 0.478. The Morgan fingerprint density at radius 2 is 2.33 bits per heavy atom. The maximum atomic E-state index is 10.5. The van der Waals surface area contributed by atoms with Crippen molar-refractivity contribution in [3.63, 3.8) is 0 Å². The summed E-state index contributed by atoms with van der Waals surface area (Å²) in [5.41, 5.74) is 0. The van der Waals surface area contributed by atoms with Crippen molar-refractivity contribution in [1.29, 1.82) is 0 Å². The lowest BCUT2D eigenvalue weighted by Gasteiger charge is -2.34. The van der Waals surface area contributed by atoms with Crippen LogP contribution >= 0.6 is 0 Å². The van der Waals surface area contributed by atoms with Crippen LogP contribution in [0.4, 0.5) is 0 Å². The second-order valence-corrected chi connectivity index (χ2v) is 4.15. The lowest BCUT2D eigenvalue weighted by Crippen LogP contribution is -2.39. The highest BCUT2D eigenvalue weighted by Crippen LogP contribution is 2.20. The molecule has 15 heavy (non-hydrogen) atoms. The van der Waals surface area contributed by atoms with E-state index in [1.54, 1.807) is 0 Å². The summed E-state index contributed by atoms with van der Waals surface area (Å²) in [5.74, 6) is -0.674. The lowest BCUT2D eigenvalue weighted by molar-refractivity contribution is -0.137. The Kier molecular flexibility index (Phi) is 5.40. The zero-order valence-corrected chi connectivity index (χ0v) is 9.48. The fourth-order valence-corrected chi connectivity index (χ4v) is 2.16. The summed E-state index contributed by atoms with van der Waals surface area (Å²) in [4.78, 5) is 12.9. The van der Waals surface area contributed by atoms with Gasteiger partial charge < -0.3 is 5.11 Å². The smallest absolute Gasteiger partial charge is 0.303 e. The van der Waals surface area contributed by atoms with Crippen LogP contribution in [0.5, 0.6) is 0 Å². The Bertz CT molecular complexity index is 226. The van der Waals surface area contributed by atoms with Crippen LogP contribution in [-0.4, -0.2) is 35.1 Å². The van der Waals surface area contributed by atoms with E-state index in [1.165, 1.54) is 12.8 Å². The highest BCUT2D eigenvalue weighted by molar-refractivity contribution is 5.66. The molecule has 0 bridgehead atoms. The summed E-state index contributed by atoms with van der Waals surface area (Å²) in [7, 11) is 0. The number of carboxylic acids is 1. The molecule has 3 heteroatoms. The van der Waals surface area contributed by atoms with E-state index < -0.39 is 5.97 Å². The van der Waals surface area contributed by atoms with Crippen molar-refractivity contribution in [2.45, 2.75) is 45.1 Å². The average molecular weight is 211 g/mol. The molecule has 1 saturated heterocycles. The Morgan fingerprint density at radius 3 is 3.00 bits per heavy atom. The van der Waals surface area contributed by atoms with Gasteiger partial charge in [0.05, 0.1) is 0 Å². The van der Waals surface area contributed by atoms with Gasteiger partial charge in [-0.05, 0) is 32.7 Å². The second kappa shape index (κ2) is 6.62. The summed E-state index contributed by atoms with van der Waals surface area (Å²) in [6.45, 7) is 4.12. The van der Waals surface area contributed by atoms with E-state index in [1.807, 2.05) is 6.92 Å². The number of piperidine rings is 1. The number of hydrogen-bond donors (Lipinski definition) is 1. The molecule has 1 aliphatic rings. The number of nitrogens with zero attached hydrogens (tertiary/aromatic N) is 1. The van der Waals surface area contributed by atoms with Crippen molar-refractivity contribution in [2.24, 2.45) is 0 Å². The Labute approximate surface area is 91.8 Å². The first-order valence-corrected chi connectivity index (χ1v) is 5.81. The van der Waals surface area contributed by atoms with Crippen molar-refractivity contribution < 1.29 is 9.90 Å². The van der Waals surface area contributed by atoms with E-state index in [0.29, 0.717) is 12.5 Å². The number of carboxylic acid groups (broad SMARTS) is 1. The Hall–Kier alpha value is -0.830. The zero-order chi connectivity index (χ0) is 11.1. The van der Waals surface area contributed by atoms with Gasteiger partial charge in [0.25, 0.3) is 0 Å². The van der Waals surface area contributed by atoms with Crippen LogP contribution in [-0.2, 0) is 4.79 Å². The summed E-state index contributed by atoms with van der Waals surface area (Å²) in [6.07, 6.45) is 8.97. The fraction of sp³-hybridized carbons (Fsp3) is 0.750. The monoisotopic (exact) mass is 211 g/mol. The number of carbonyl (C=O) groups is 1. The predicted octanol–water partition coefficient (Wildman–Crippen LogP) is 2.28. The van der Waals surface area contributed by atoms with Crippen LogP contribution in [0.2, 0.25) is 0 Å². The molecule has 0 aromatic rings. The highest BCUT2D eigenvalue weighted by Gasteiger charge is 2.21. The molecule has 1 fully saturated rings. The van der Waals surface area contributed by atoms with Gasteiger partial charge in [-0.3, -0.25) is 9.69 Å². The van der Waals surface area contributed by atoms with Gasteiger partial charge in [-0.25, -0.2) is 0 Å². The predicted molar refractivity (Wildman–Crippen MR) is 60.9 cm³/mol. The van der Waals surface area contributed by atoms with Crippen molar-refractivity contribution in [2.75, 3.05) is 13.1 Å². The normalized spacial score (nSPS) is 23.4. The van der Waals surface area contributed by atoms with Crippen molar-refractivity contribution >= 4 is 5.97 Å². The SMILES string of the molecule is CC=CCN1CCCCC1CCC(=O)O. The van der Waals surface area contributed by atoms with Crippen LogP contribution in [0.3, 0.4) is 0 Å². The van der Waals surface area contributed by atoms with Crippen molar-refractivity contribution in [3.05, 3.63) is 12.2 Å². The molecule has 1 unspecified atom stereocenters. The number of rotatable bonds is 5. The summed E-state index contributed by atoms with van der Waals surface area (Å²) in [5, 5.41) is 8.67. The molecule has 1 heterocycles. The molecule has 1 rings (SSSR count). The van der Waals surface area contributed by atoms with Gasteiger partial charge in [0.2, 0.25) is 0 Å². The number of aliphatic carboxylic acids is 1. The van der Waals surface area contributed by atoms with Gasteiger partial charge >= 0.3 is 5.97 Å². The Morgan fingerprint density at radius 1 is 1.53 bits per heavy atom. The topological polar surface area (TPSA) is 40.5 Å². The van der Waals surface area contributed by atoms with E-state index in [-0.39, 0.29) is 0 Å². The quantitative estimate of drug-likeness (QED) is 0.709. The molecule has 0 saturated carbocycles. The van der Waals surface area contributed by atoms with Gasteiger partial charge in [-0.1, -0.05) is 18.6 Å². The standard InChI is InChI=1S/C12H21NO2/c1-2-3-9-13-10-5-4-6-11(13)7-8-12(14)15/h2-3,11H,4-10H2,1H3,(H,14,15). The van der Waals surface area contributed by atoms with Gasteiger partial charge in [-0.15, -0.1) is 0 Å². The number of allylic oxidation sites excluding steroid dienone is 1. The molecule has 0 aliphatic carbocycles. The molecule has 1 N–H and O–H groups in total. The number of likely N-dealkylation sites (tertiary alicyclic amines) is 1. The molecular formula is C12H21NO2. The molecule has 0 amide bonds. The molecule has 3 nitrogen and oxygen atoms in total. The maximum absolute atomic E-state index is 10.5. The van der Waals surface area contributed by atoms with E-state index >= 15 is 0 Å². The third-order valence-corrected chi connectivity index (χ3v) is 3.02. The second-order valence-electron chi connectivity index (χ2n) is 4.15. The maximum Gasteiger partial charge on any atom is 0.303 e. The van der Waals surface area contributed by atoms with Crippen molar-refractivity contribution in [3.8, 4) is 0 Å². The Balaban J connectivity index is 2.38. The first kappa shape index (κ1) is 12.2. The lowest BCUT2D eigenvalue weighted by atomic mass is 9.98. The molecule has 1 aliphatic heterocycles. The van der Waals surface area contributed by atoms with Crippen molar-refractivity contribution in [1.82, 2.24) is 4.90 Å². The minimum absolute atomic E-state index is 0.303. The van der Waals surface area contributed by atoms with E-state index in [9.17, 15) is 4.79 Å². The minimum atomic E-state index is -0.674. The first-order valence-electron chi connectivity index (χ1n) is 5.81. The molecular weight excluding hydrogens is 190 g/mol. The largest absolute Gasteiger partial charge is 0.481 e. The zero-order valence-electron chi connectivity index (χ0n) is 9.48. The van der Waals surface area contributed by atoms with Crippen LogP contribution in [0.25, 0.3) is 0 Å². The van der Waals surface area contributed by atoms with E-state index in [4.69, 9.17) is 5.11 Å². The van der Waals surface area contributed by atoms with Crippen LogP contribution in [0.15, 0.2) is 12.2 Å². The molecule has 0 spiro atoms. The average Bonchev–Trinajstić information content (AvgIpc) is 2.24. The van der Waals surface area contributed by atoms with Crippen LogP contribution in [0.1, 0.15) is 39.0 Å². The first-order chi connectivity index (χ1) is 7.24. The molecule has 0 aromatic heterocycles. The van der Waals surface area contributed by atoms with Crippen LogP contribution < -0.4 is 0 Å². The molecule has 0 aromatic carbocycles. The van der Waals surface area contributed by atoms with Gasteiger partial charge in [0.15, 0.2) is 0 Å². The van der Waals surface area contributed by atoms with Gasteiger partial charge in [-0.2, -0.15) is 0 Å². The number of hydrogen-bond acceptors (Lipinski definition) is 2. The highest BCUT2D eigenvalue weighted by atomic mass is 16.4. The fourth-order valence-electron chi connectivity index (χ4n) is 2.16. The van der Waals surface area contributed by atoms with Crippen LogP contribution in [0, 0.1) is 0 Å². The molecule has 86 valence electrons. The third-order valence-electron chi connectivity index (χ3n) is 3.02.